The van der Waals surface area contributed by atoms with Gasteiger partial charge in [0.05, 0.1) is 19.3 Å². The highest BCUT2D eigenvalue weighted by molar-refractivity contribution is 6.03. The first kappa shape index (κ1) is 11.9. The van der Waals surface area contributed by atoms with E-state index in [4.69, 9.17) is 10.4 Å². The molecule has 0 spiro atoms. The minimum atomic E-state index is -0.365. The van der Waals surface area contributed by atoms with Crippen molar-refractivity contribution in [2.45, 2.75) is 6.54 Å². The summed E-state index contributed by atoms with van der Waals surface area (Å²) in [4.78, 5) is 14.6. The second kappa shape index (κ2) is 5.16. The summed E-state index contributed by atoms with van der Waals surface area (Å²) in [5.41, 5.74) is 0.638. The molecule has 0 aliphatic heterocycles. The smallest absolute Gasteiger partial charge is 0.273 e. The first-order valence-electron chi connectivity index (χ1n) is 5.27. The van der Waals surface area contributed by atoms with E-state index in [-0.39, 0.29) is 30.4 Å². The number of H-pyrrole nitrogens is 1. The first-order chi connectivity index (χ1) is 8.76. The summed E-state index contributed by atoms with van der Waals surface area (Å²) in [6, 6.07) is 5.25. The van der Waals surface area contributed by atoms with E-state index in [0.717, 1.165) is 0 Å². The van der Waals surface area contributed by atoms with Crippen molar-refractivity contribution in [3.05, 3.63) is 35.8 Å². The lowest BCUT2D eigenvalue weighted by Gasteiger charge is -2.07. The third kappa shape index (κ3) is 2.23. The third-order valence-electron chi connectivity index (χ3n) is 2.35. The topological polar surface area (TPSA) is 107 Å². The number of carbonyl (C=O) groups is 1. The number of aromatic nitrogens is 3. The lowest BCUT2D eigenvalue weighted by Crippen LogP contribution is -2.17. The van der Waals surface area contributed by atoms with Gasteiger partial charge in [0, 0.05) is 6.20 Å². The Kier molecular flexibility index (Phi) is 3.41. The molecule has 7 heteroatoms. The van der Waals surface area contributed by atoms with Gasteiger partial charge in [0.1, 0.15) is 23.1 Å². The summed E-state index contributed by atoms with van der Waals surface area (Å²) in [5, 5.41) is 24.3. The quantitative estimate of drug-likeness (QED) is 0.721. The van der Waals surface area contributed by atoms with Crippen LogP contribution in [0, 0.1) is 11.3 Å². The average Bonchev–Trinajstić information content (AvgIpc) is 3.00. The van der Waals surface area contributed by atoms with Gasteiger partial charge in [-0.1, -0.05) is 0 Å². The molecule has 0 bridgehead atoms. The molecule has 18 heavy (non-hydrogen) atoms. The summed E-state index contributed by atoms with van der Waals surface area (Å²) in [6.07, 6.45) is 2.98. The Labute approximate surface area is 103 Å². The highest BCUT2D eigenvalue weighted by Gasteiger charge is 2.14. The lowest BCUT2D eigenvalue weighted by atomic mass is 10.3. The Morgan fingerprint density at radius 3 is 3.11 bits per heavy atom. The van der Waals surface area contributed by atoms with E-state index in [1.807, 2.05) is 6.07 Å². The van der Waals surface area contributed by atoms with Crippen molar-refractivity contribution in [1.29, 1.82) is 5.26 Å². The van der Waals surface area contributed by atoms with E-state index >= 15 is 0 Å². The standard InChI is InChI=1S/C11H11N5O2/c12-6-8-7-14-16(4-5-17)10(8)15-11(18)9-2-1-3-13-9/h1-3,7,13,17H,4-5H2,(H,15,18). The molecule has 0 aromatic carbocycles. The Balaban J connectivity index is 2.25. The molecule has 0 aliphatic rings. The minimum absolute atomic E-state index is 0.127. The van der Waals surface area contributed by atoms with Crippen molar-refractivity contribution in [2.75, 3.05) is 11.9 Å². The van der Waals surface area contributed by atoms with Crippen molar-refractivity contribution < 1.29 is 9.90 Å². The zero-order valence-corrected chi connectivity index (χ0v) is 9.42. The van der Waals surface area contributed by atoms with Crippen molar-refractivity contribution in [3.63, 3.8) is 0 Å². The van der Waals surface area contributed by atoms with Crippen LogP contribution in [0.4, 0.5) is 5.82 Å². The van der Waals surface area contributed by atoms with Gasteiger partial charge in [0.25, 0.3) is 5.91 Å². The molecule has 2 heterocycles. The summed E-state index contributed by atoms with van der Waals surface area (Å²) in [7, 11) is 0. The highest BCUT2D eigenvalue weighted by atomic mass is 16.3. The number of aromatic amines is 1. The van der Waals surface area contributed by atoms with Gasteiger partial charge in [0.15, 0.2) is 0 Å². The first-order valence-corrected chi connectivity index (χ1v) is 5.27. The molecule has 0 saturated heterocycles. The van der Waals surface area contributed by atoms with Crippen LogP contribution >= 0.6 is 0 Å². The molecule has 7 nitrogen and oxygen atoms in total. The molecular formula is C11H11N5O2. The largest absolute Gasteiger partial charge is 0.394 e. The van der Waals surface area contributed by atoms with E-state index in [2.05, 4.69) is 15.4 Å². The molecule has 0 atom stereocenters. The number of nitriles is 1. The summed E-state index contributed by atoms with van der Waals surface area (Å²) in [6.45, 7) is 0.0833. The van der Waals surface area contributed by atoms with Crippen LogP contribution in [0.5, 0.6) is 0 Å². The van der Waals surface area contributed by atoms with Gasteiger partial charge < -0.3 is 15.4 Å². The van der Waals surface area contributed by atoms with Gasteiger partial charge >= 0.3 is 0 Å². The van der Waals surface area contributed by atoms with Crippen molar-refractivity contribution in [2.24, 2.45) is 0 Å². The maximum Gasteiger partial charge on any atom is 0.273 e. The fourth-order valence-electron chi connectivity index (χ4n) is 1.51. The molecular weight excluding hydrogens is 234 g/mol. The molecule has 2 aromatic rings. The second-order valence-electron chi connectivity index (χ2n) is 3.50. The molecule has 3 N–H and O–H groups in total. The third-order valence-corrected chi connectivity index (χ3v) is 2.35. The number of carbonyl (C=O) groups excluding carboxylic acids is 1. The molecule has 0 fully saturated rings. The van der Waals surface area contributed by atoms with E-state index in [0.29, 0.717) is 5.69 Å². The molecule has 2 aromatic heterocycles. The van der Waals surface area contributed by atoms with Crippen LogP contribution in [0.25, 0.3) is 0 Å². The van der Waals surface area contributed by atoms with Crippen LogP contribution in [0.1, 0.15) is 16.1 Å². The molecule has 0 unspecified atom stereocenters. The van der Waals surface area contributed by atoms with Crippen molar-refractivity contribution >= 4 is 11.7 Å². The molecule has 0 saturated carbocycles. The van der Waals surface area contributed by atoms with E-state index in [9.17, 15) is 4.79 Å². The van der Waals surface area contributed by atoms with E-state index < -0.39 is 0 Å². The van der Waals surface area contributed by atoms with Crippen LogP contribution in [-0.4, -0.2) is 32.4 Å². The maximum absolute atomic E-state index is 11.8. The Bertz CT molecular complexity index is 579. The predicted molar refractivity (Wildman–Crippen MR) is 62.8 cm³/mol. The van der Waals surface area contributed by atoms with Gasteiger partial charge in [-0.15, -0.1) is 0 Å². The highest BCUT2D eigenvalue weighted by Crippen LogP contribution is 2.15. The fourth-order valence-corrected chi connectivity index (χ4v) is 1.51. The summed E-state index contributed by atoms with van der Waals surface area (Å²) in [5.74, 6) is -0.0812. The van der Waals surface area contributed by atoms with Crippen LogP contribution < -0.4 is 5.32 Å². The van der Waals surface area contributed by atoms with Crippen molar-refractivity contribution in [3.8, 4) is 6.07 Å². The minimum Gasteiger partial charge on any atom is -0.394 e. The van der Waals surface area contributed by atoms with E-state index in [1.165, 1.54) is 10.9 Å². The van der Waals surface area contributed by atoms with Crippen LogP contribution in [0.15, 0.2) is 24.5 Å². The number of anilines is 1. The van der Waals surface area contributed by atoms with Gasteiger partial charge in [0.2, 0.25) is 0 Å². The second-order valence-corrected chi connectivity index (χ2v) is 3.50. The molecule has 92 valence electrons. The van der Waals surface area contributed by atoms with Gasteiger partial charge in [-0.2, -0.15) is 10.4 Å². The summed E-state index contributed by atoms with van der Waals surface area (Å²) < 4.78 is 1.37. The number of amides is 1. The zero-order valence-electron chi connectivity index (χ0n) is 9.42. The molecule has 2 rings (SSSR count). The normalized spacial score (nSPS) is 10.0. The van der Waals surface area contributed by atoms with Gasteiger partial charge in [-0.25, -0.2) is 4.68 Å². The van der Waals surface area contributed by atoms with Gasteiger partial charge in [-0.3, -0.25) is 4.79 Å². The SMILES string of the molecule is N#Cc1cnn(CCO)c1NC(=O)c1ccc[nH]1. The van der Waals surface area contributed by atoms with Crippen LogP contribution in [-0.2, 0) is 6.54 Å². The summed E-state index contributed by atoms with van der Waals surface area (Å²) >= 11 is 0. The maximum atomic E-state index is 11.8. The number of hydrogen-bond donors (Lipinski definition) is 3. The predicted octanol–water partition coefficient (Wildman–Crippen LogP) is 0.327. The number of aliphatic hydroxyl groups is 1. The average molecular weight is 245 g/mol. The van der Waals surface area contributed by atoms with Crippen molar-refractivity contribution in [1.82, 2.24) is 14.8 Å². The number of hydrogen-bond acceptors (Lipinski definition) is 4. The molecule has 1 amide bonds. The monoisotopic (exact) mass is 245 g/mol. The Morgan fingerprint density at radius 2 is 2.50 bits per heavy atom. The number of rotatable bonds is 4. The number of nitrogens with one attached hydrogen (secondary N) is 2. The molecule has 0 radical (unpaired) electrons. The number of nitrogens with zero attached hydrogens (tertiary/aromatic N) is 3. The Hall–Kier alpha value is -2.59. The van der Waals surface area contributed by atoms with Crippen LogP contribution in [0.3, 0.4) is 0 Å². The zero-order chi connectivity index (χ0) is 13.0. The Morgan fingerprint density at radius 1 is 1.67 bits per heavy atom. The van der Waals surface area contributed by atoms with Crippen LogP contribution in [0.2, 0.25) is 0 Å². The van der Waals surface area contributed by atoms with E-state index in [1.54, 1.807) is 18.3 Å². The van der Waals surface area contributed by atoms with Gasteiger partial charge in [-0.05, 0) is 12.1 Å². The number of aliphatic hydroxyl groups excluding tert-OH is 1. The lowest BCUT2D eigenvalue weighted by molar-refractivity contribution is 0.102. The fraction of sp³-hybridized carbons (Fsp3) is 0.182. The molecule has 0 aliphatic carbocycles.